The normalized spacial score (nSPS) is 10.4. The third-order valence-electron chi connectivity index (χ3n) is 8.49. The highest BCUT2D eigenvalue weighted by Crippen LogP contribution is 2.18. The Morgan fingerprint density at radius 3 is 1.14 bits per heavy atom. The zero-order valence-corrected chi connectivity index (χ0v) is 47.9. The summed E-state index contributed by atoms with van der Waals surface area (Å²) < 4.78 is 40.8. The maximum absolute atomic E-state index is 10.8. The van der Waals surface area contributed by atoms with E-state index in [1.54, 1.807) is 28.3 Å². The van der Waals surface area contributed by atoms with Crippen LogP contribution < -0.4 is 4.74 Å². The third kappa shape index (κ3) is 115. The van der Waals surface area contributed by atoms with E-state index in [0.717, 1.165) is 50.4 Å². The number of para-hydroxylation sites is 1. The van der Waals surface area contributed by atoms with Gasteiger partial charge in [-0.05, 0) is 123 Å². The predicted molar refractivity (Wildman–Crippen MR) is 369 cm³/mol. The van der Waals surface area contributed by atoms with Crippen molar-refractivity contribution in [1.29, 1.82) is 0 Å². The molecule has 4 atom stereocenters. The van der Waals surface area contributed by atoms with Crippen molar-refractivity contribution >= 4 is 42.7 Å². The molecule has 0 radical (unpaired) electrons. The second-order valence-electron chi connectivity index (χ2n) is 15.9. The van der Waals surface area contributed by atoms with Crippen LogP contribution in [0.5, 0.6) is 5.75 Å². The van der Waals surface area contributed by atoms with E-state index in [-0.39, 0.29) is 122 Å². The van der Waals surface area contributed by atoms with Crippen LogP contribution in [0.2, 0.25) is 51.9 Å². The minimum Gasteiger partial charge on any atom is -0.491 e. The average molecular weight is 1200 g/mol. The lowest BCUT2D eigenvalue weighted by Crippen LogP contribution is -2.36. The summed E-state index contributed by atoms with van der Waals surface area (Å²) in [4.78, 5) is 10.8. The zero-order chi connectivity index (χ0) is 50.3. The number of aryl methyl sites for hydroxylation is 1. The van der Waals surface area contributed by atoms with Gasteiger partial charge >= 0.3 is 5.97 Å². The number of thioether (sulfide) groups is 1. The molecule has 4 N–H and O–H groups in total. The summed E-state index contributed by atoms with van der Waals surface area (Å²) in [6.45, 7) is 38.8. The minimum atomic E-state index is -1.59. The van der Waals surface area contributed by atoms with Crippen molar-refractivity contribution in [3.63, 3.8) is 0 Å². The molecule has 13 nitrogen and oxygen atoms in total. The van der Waals surface area contributed by atoms with Crippen molar-refractivity contribution in [1.82, 2.24) is 0 Å². The van der Waals surface area contributed by atoms with Gasteiger partial charge in [0.2, 0.25) is 8.32 Å². The van der Waals surface area contributed by atoms with Crippen LogP contribution in [0, 0.1) is 0 Å². The number of hydrogen-bond donors (Lipinski definition) is 4. The molecule has 1 aromatic rings. The topological polar surface area (TPSA) is 172 Å². The summed E-state index contributed by atoms with van der Waals surface area (Å²) in [5, 5.41) is 36.5. The Bertz CT molecular complexity index is 1070. The van der Waals surface area contributed by atoms with Gasteiger partial charge in [0.1, 0.15) is 12.4 Å². The van der Waals surface area contributed by atoms with Gasteiger partial charge in [-0.15, -0.1) is 0 Å². The van der Waals surface area contributed by atoms with Gasteiger partial charge in [-0.1, -0.05) is 164 Å². The number of hydrogen-bond acceptors (Lipinski definition) is 14. The fourth-order valence-electron chi connectivity index (χ4n) is 3.11. The Morgan fingerprint density at radius 2 is 0.870 bits per heavy atom. The highest BCUT2D eigenvalue weighted by molar-refractivity contribution is 7.99. The van der Waals surface area contributed by atoms with E-state index in [1.165, 1.54) is 23.4 Å². The zero-order valence-electron chi connectivity index (χ0n) is 44.1. The summed E-state index contributed by atoms with van der Waals surface area (Å²) in [6.07, 6.45) is 1.95. The van der Waals surface area contributed by atoms with Gasteiger partial charge in [-0.3, -0.25) is 0 Å². The first-order chi connectivity index (χ1) is 29.4. The molecule has 1 aromatic carbocycles. The van der Waals surface area contributed by atoms with Crippen molar-refractivity contribution in [2.45, 2.75) is 275 Å². The van der Waals surface area contributed by atoms with Gasteiger partial charge in [0.05, 0.1) is 44.4 Å². The molecule has 0 saturated heterocycles. The van der Waals surface area contributed by atoms with Crippen molar-refractivity contribution in [2.24, 2.45) is 0 Å². The molecule has 4 unspecified atom stereocenters. The SMILES string of the molecule is C.C.C.C.C.C.C.C.C.C.C.C.C.C.CCC(O)COC[Si](C)(C)OC.CCOC(=O)C(O)CSCC.CCOCC.CCOCC(O)CC.CC[Si](C)(C)OC.CCc1ccccc1OCC(O)CC.CO[Si](C)(C)C. The predicted octanol–water partition coefficient (Wildman–Crippen LogP) is 18.3. The molecule has 0 aliphatic rings. The van der Waals surface area contributed by atoms with E-state index < -0.39 is 37.0 Å². The Kier molecular flexibility index (Phi) is 167. The maximum Gasteiger partial charge on any atom is 0.335 e. The quantitative estimate of drug-likeness (QED) is 0.0538. The molecule has 0 fully saturated rings. The van der Waals surface area contributed by atoms with Crippen molar-refractivity contribution in [3.8, 4) is 5.75 Å². The van der Waals surface area contributed by atoms with Crippen molar-refractivity contribution in [2.75, 3.05) is 85.3 Å². The van der Waals surface area contributed by atoms with Crippen molar-refractivity contribution < 1.29 is 62.2 Å². The molecule has 0 amide bonds. The fraction of sp³-hybridized carbons (Fsp3) is 0.883. The van der Waals surface area contributed by atoms with Crippen LogP contribution in [0.1, 0.15) is 198 Å². The molecule has 494 valence electrons. The van der Waals surface area contributed by atoms with E-state index in [2.05, 4.69) is 64.4 Å². The Morgan fingerprint density at radius 1 is 0.506 bits per heavy atom. The molecule has 0 heterocycles. The summed E-state index contributed by atoms with van der Waals surface area (Å²) >= 11 is 1.52. The van der Waals surface area contributed by atoms with E-state index in [4.69, 9.17) is 42.4 Å². The molecule has 0 spiro atoms. The molecule has 77 heavy (non-hydrogen) atoms. The van der Waals surface area contributed by atoms with E-state index in [1.807, 2.05) is 72.7 Å². The molecule has 0 aliphatic carbocycles. The first-order valence-corrected chi connectivity index (χ1v) is 33.8. The smallest absolute Gasteiger partial charge is 0.335 e. The lowest BCUT2D eigenvalue weighted by Gasteiger charge is -2.20. The number of aliphatic hydroxyl groups excluding tert-OH is 4. The number of benzene rings is 1. The van der Waals surface area contributed by atoms with Gasteiger partial charge in [-0.25, -0.2) is 4.79 Å². The maximum atomic E-state index is 10.8. The fourth-order valence-corrected chi connectivity index (χ4v) is 4.73. The van der Waals surface area contributed by atoms with Gasteiger partial charge in [0, 0.05) is 46.9 Å². The number of carbonyl (C=O) groups excluding carboxylic acids is 1. The molecule has 1 rings (SSSR count). The van der Waals surface area contributed by atoms with E-state index in [9.17, 15) is 15.0 Å². The molecule has 0 saturated carbocycles. The molecular formula is C60H158O13SSi3. The summed E-state index contributed by atoms with van der Waals surface area (Å²) in [5.41, 5.74) is 1.19. The first-order valence-electron chi connectivity index (χ1n) is 23.0. The van der Waals surface area contributed by atoms with Crippen LogP contribution in [0.15, 0.2) is 24.3 Å². The van der Waals surface area contributed by atoms with Gasteiger partial charge < -0.3 is 57.4 Å². The molecular weight excluding hydrogens is 1040 g/mol. The number of aliphatic hydroxyl groups is 4. The van der Waals surface area contributed by atoms with Crippen LogP contribution in [-0.4, -0.2) is 161 Å². The van der Waals surface area contributed by atoms with Crippen molar-refractivity contribution in [3.05, 3.63) is 29.8 Å². The largest absolute Gasteiger partial charge is 0.491 e. The molecule has 17 heteroatoms. The Balaban J connectivity index is -0.0000000271. The second kappa shape index (κ2) is 94.4. The Hall–Kier alpha value is -0.909. The number of carbonyl (C=O) groups is 1. The highest BCUT2D eigenvalue weighted by Gasteiger charge is 2.21. The van der Waals surface area contributed by atoms with E-state index in [0.29, 0.717) is 45.0 Å². The lowest BCUT2D eigenvalue weighted by molar-refractivity contribution is -0.151. The summed E-state index contributed by atoms with van der Waals surface area (Å²) in [6, 6.07) is 9.16. The van der Waals surface area contributed by atoms with Crippen LogP contribution in [0.25, 0.3) is 0 Å². The van der Waals surface area contributed by atoms with Crippen LogP contribution in [-0.2, 0) is 43.4 Å². The first kappa shape index (κ1) is 136. The minimum absolute atomic E-state index is 0. The second-order valence-corrected chi connectivity index (χ2v) is 30.7. The average Bonchev–Trinajstić information content (AvgIpc) is 3.27. The molecule has 0 bridgehead atoms. The number of esters is 1. The molecule has 0 aliphatic heterocycles. The summed E-state index contributed by atoms with van der Waals surface area (Å²) in [7, 11) is 1.41. The van der Waals surface area contributed by atoms with E-state index >= 15 is 0 Å². The van der Waals surface area contributed by atoms with Gasteiger partial charge in [-0.2, -0.15) is 11.8 Å². The van der Waals surface area contributed by atoms with Crippen LogP contribution in [0.4, 0.5) is 0 Å². The van der Waals surface area contributed by atoms with Crippen LogP contribution in [0.3, 0.4) is 0 Å². The number of ether oxygens (including phenoxy) is 5. The number of rotatable bonds is 25. The van der Waals surface area contributed by atoms with Crippen LogP contribution >= 0.6 is 11.8 Å². The van der Waals surface area contributed by atoms with Gasteiger partial charge in [0.25, 0.3) is 0 Å². The van der Waals surface area contributed by atoms with Gasteiger partial charge in [0.15, 0.2) is 22.7 Å². The standard InChI is InChI=1S/C12H18O2.C8H20O3Si.C7H14O3S.C6H14O2.C5H14OSi.C4H12OSi.C4H10O.14CH4/c1-3-10-7-5-6-8-12(10)14-9-11(13)4-2;1-5-8(9)6-11-7-12(3,4)10-2;1-3-10-7(9)6(8)5-11-4-2;1-3-6(7)5-8-4-2;1-5-7(3,4)6-2;1-5-6(2,3)4;1-3-5-4-2;;;;;;;;;;;;;;/h5-8,11,13H,3-4,9H2,1-2H3;8-9H,5-7H2,1-4H3;6,8H,3-5H2,1-2H3;6-7H,3-5H2,1-2H3;5H2,1-4H3;1-4H3;3-4H2,1-2H3;14*1H4. The monoisotopic (exact) mass is 1200 g/mol. The lowest BCUT2D eigenvalue weighted by atomic mass is 10.1. The molecule has 0 aromatic heterocycles. The third-order valence-corrected chi connectivity index (χ3v) is 15.5. The summed E-state index contributed by atoms with van der Waals surface area (Å²) in [5.74, 6) is 1.70. The Labute approximate surface area is 498 Å². The highest BCUT2D eigenvalue weighted by atomic mass is 32.2.